The fraction of sp³-hybridized carbons (Fsp3) is 0.444. The molecule has 0 unspecified atom stereocenters. The number of aromatic nitrogens is 1. The molecule has 136 valence electrons. The minimum atomic E-state index is 0. The van der Waals surface area contributed by atoms with Crippen molar-refractivity contribution in [3.05, 3.63) is 51.9 Å². The molecule has 1 heterocycles. The highest BCUT2D eigenvalue weighted by Crippen LogP contribution is 2.47. The van der Waals surface area contributed by atoms with Crippen molar-refractivity contribution in [1.82, 2.24) is 15.8 Å². The van der Waals surface area contributed by atoms with Crippen LogP contribution in [0.5, 0.6) is 0 Å². The molecule has 2 aromatic rings. The zero-order valence-corrected chi connectivity index (χ0v) is 17.8. The Kier molecular flexibility index (Phi) is 6.73. The van der Waals surface area contributed by atoms with E-state index in [1.807, 2.05) is 26.0 Å². The number of aliphatic imine (C=N–C) groups is 1. The Morgan fingerprint density at radius 3 is 2.44 bits per heavy atom. The summed E-state index contributed by atoms with van der Waals surface area (Å²) in [6.07, 6.45) is 2.37. The predicted molar refractivity (Wildman–Crippen MR) is 112 cm³/mol. The molecule has 0 aliphatic heterocycles. The van der Waals surface area contributed by atoms with Crippen LogP contribution in [0.2, 0.25) is 5.02 Å². The molecule has 5 nitrogen and oxygen atoms in total. The third kappa shape index (κ3) is 4.67. The van der Waals surface area contributed by atoms with Crippen LogP contribution in [0.3, 0.4) is 0 Å². The topological polar surface area (TPSA) is 62.5 Å². The fourth-order valence-corrected chi connectivity index (χ4v) is 3.05. The van der Waals surface area contributed by atoms with Gasteiger partial charge in [0.15, 0.2) is 5.96 Å². The summed E-state index contributed by atoms with van der Waals surface area (Å²) in [4.78, 5) is 4.31. The Hall–Kier alpha value is -1.28. The third-order valence-corrected chi connectivity index (χ3v) is 4.99. The molecule has 7 heteroatoms. The summed E-state index contributed by atoms with van der Waals surface area (Å²) in [6.45, 7) is 5.38. The maximum absolute atomic E-state index is 5.99. The number of hydrogen-bond donors (Lipinski definition) is 2. The first kappa shape index (κ1) is 20.0. The van der Waals surface area contributed by atoms with E-state index in [-0.39, 0.29) is 29.4 Å². The normalized spacial score (nSPS) is 15.4. The fourth-order valence-electron chi connectivity index (χ4n) is 2.92. The molecule has 1 aliphatic carbocycles. The molecule has 1 fully saturated rings. The SMILES string of the molecule is CN=C(NCc1c(C)noc1C)NCC1(c2ccc(Cl)cc2)CC1.I. The van der Waals surface area contributed by atoms with Gasteiger partial charge in [0.05, 0.1) is 5.69 Å². The average Bonchev–Trinajstić information content (AvgIpc) is 3.30. The highest BCUT2D eigenvalue weighted by Gasteiger charge is 2.44. The lowest BCUT2D eigenvalue weighted by Gasteiger charge is -2.19. The highest BCUT2D eigenvalue weighted by molar-refractivity contribution is 14.0. The molecule has 25 heavy (non-hydrogen) atoms. The second-order valence-electron chi connectivity index (χ2n) is 6.37. The number of nitrogens with one attached hydrogen (secondary N) is 2. The van der Waals surface area contributed by atoms with Gasteiger partial charge < -0.3 is 15.2 Å². The van der Waals surface area contributed by atoms with Crippen LogP contribution in [0.1, 0.15) is 35.4 Å². The molecule has 0 amide bonds. The molecule has 0 atom stereocenters. The van der Waals surface area contributed by atoms with Gasteiger partial charge in [-0.2, -0.15) is 0 Å². The molecule has 0 bridgehead atoms. The van der Waals surface area contributed by atoms with Crippen molar-refractivity contribution in [2.24, 2.45) is 4.99 Å². The van der Waals surface area contributed by atoms with E-state index in [1.54, 1.807) is 7.05 Å². The lowest BCUT2D eigenvalue weighted by atomic mass is 9.96. The van der Waals surface area contributed by atoms with Crippen molar-refractivity contribution < 1.29 is 4.52 Å². The maximum atomic E-state index is 5.99. The Bertz CT molecular complexity index is 719. The minimum absolute atomic E-state index is 0. The average molecular weight is 475 g/mol. The summed E-state index contributed by atoms with van der Waals surface area (Å²) in [5.41, 5.74) is 3.53. The van der Waals surface area contributed by atoms with Crippen LogP contribution in [0, 0.1) is 13.8 Å². The van der Waals surface area contributed by atoms with E-state index in [2.05, 4.69) is 32.9 Å². The molecule has 2 N–H and O–H groups in total. The van der Waals surface area contributed by atoms with Gasteiger partial charge in [-0.15, -0.1) is 24.0 Å². The van der Waals surface area contributed by atoms with Crippen LogP contribution in [-0.2, 0) is 12.0 Å². The first-order chi connectivity index (χ1) is 11.5. The predicted octanol–water partition coefficient (Wildman–Crippen LogP) is 3.96. The molecular formula is C18H24ClIN4O. The highest BCUT2D eigenvalue weighted by atomic mass is 127. The Labute approximate surface area is 170 Å². The van der Waals surface area contributed by atoms with Gasteiger partial charge in [-0.25, -0.2) is 0 Å². The van der Waals surface area contributed by atoms with Gasteiger partial charge in [0.25, 0.3) is 0 Å². The van der Waals surface area contributed by atoms with E-state index >= 15 is 0 Å². The van der Waals surface area contributed by atoms with E-state index in [4.69, 9.17) is 16.1 Å². The molecular weight excluding hydrogens is 451 g/mol. The summed E-state index contributed by atoms with van der Waals surface area (Å²) in [5, 5.41) is 11.5. The third-order valence-electron chi connectivity index (χ3n) is 4.74. The molecule has 1 aromatic carbocycles. The van der Waals surface area contributed by atoms with Crippen molar-refractivity contribution in [2.75, 3.05) is 13.6 Å². The van der Waals surface area contributed by atoms with Gasteiger partial charge in [0.1, 0.15) is 5.76 Å². The quantitative estimate of drug-likeness (QED) is 0.391. The van der Waals surface area contributed by atoms with Crippen molar-refractivity contribution in [3.63, 3.8) is 0 Å². The zero-order chi connectivity index (χ0) is 17.2. The van der Waals surface area contributed by atoms with Gasteiger partial charge in [-0.05, 0) is 44.4 Å². The van der Waals surface area contributed by atoms with Crippen LogP contribution in [-0.4, -0.2) is 24.7 Å². The van der Waals surface area contributed by atoms with Crippen LogP contribution >= 0.6 is 35.6 Å². The Balaban J connectivity index is 0.00000225. The second-order valence-corrected chi connectivity index (χ2v) is 6.81. The van der Waals surface area contributed by atoms with Crippen molar-refractivity contribution in [3.8, 4) is 0 Å². The first-order valence-electron chi connectivity index (χ1n) is 8.16. The van der Waals surface area contributed by atoms with Gasteiger partial charge >= 0.3 is 0 Å². The van der Waals surface area contributed by atoms with Gasteiger partial charge in [0, 0.05) is 36.1 Å². The number of benzene rings is 1. The number of rotatable bonds is 5. The van der Waals surface area contributed by atoms with E-state index in [9.17, 15) is 0 Å². The summed E-state index contributed by atoms with van der Waals surface area (Å²) in [5.74, 6) is 1.63. The molecule has 0 radical (unpaired) electrons. The van der Waals surface area contributed by atoms with E-state index < -0.39 is 0 Å². The Morgan fingerprint density at radius 1 is 1.24 bits per heavy atom. The number of halogens is 2. The zero-order valence-electron chi connectivity index (χ0n) is 14.7. The van der Waals surface area contributed by atoms with Crippen molar-refractivity contribution in [1.29, 1.82) is 0 Å². The van der Waals surface area contributed by atoms with E-state index in [0.29, 0.717) is 6.54 Å². The molecule has 1 aromatic heterocycles. The molecule has 0 spiro atoms. The number of aryl methyl sites for hydroxylation is 2. The van der Waals surface area contributed by atoms with Gasteiger partial charge in [-0.3, -0.25) is 4.99 Å². The van der Waals surface area contributed by atoms with Crippen LogP contribution < -0.4 is 10.6 Å². The minimum Gasteiger partial charge on any atom is -0.361 e. The number of hydrogen-bond acceptors (Lipinski definition) is 3. The summed E-state index contributed by atoms with van der Waals surface area (Å²) < 4.78 is 5.19. The van der Waals surface area contributed by atoms with Crippen LogP contribution in [0.15, 0.2) is 33.8 Å². The first-order valence-corrected chi connectivity index (χ1v) is 8.54. The van der Waals surface area contributed by atoms with E-state index in [0.717, 1.165) is 34.5 Å². The largest absolute Gasteiger partial charge is 0.361 e. The number of guanidine groups is 1. The number of nitrogens with zero attached hydrogens (tertiary/aromatic N) is 2. The van der Waals surface area contributed by atoms with Gasteiger partial charge in [-0.1, -0.05) is 28.9 Å². The van der Waals surface area contributed by atoms with E-state index in [1.165, 1.54) is 18.4 Å². The molecule has 0 saturated heterocycles. The second kappa shape index (κ2) is 8.40. The Morgan fingerprint density at radius 2 is 1.92 bits per heavy atom. The smallest absolute Gasteiger partial charge is 0.191 e. The van der Waals surface area contributed by atoms with Gasteiger partial charge in [0.2, 0.25) is 0 Å². The summed E-state index contributed by atoms with van der Waals surface area (Å²) in [6, 6.07) is 8.16. The molecule has 1 saturated carbocycles. The molecule has 1 aliphatic rings. The lowest BCUT2D eigenvalue weighted by molar-refractivity contribution is 0.392. The summed E-state index contributed by atoms with van der Waals surface area (Å²) >= 11 is 5.99. The van der Waals surface area contributed by atoms with Crippen LogP contribution in [0.4, 0.5) is 0 Å². The maximum Gasteiger partial charge on any atom is 0.191 e. The van der Waals surface area contributed by atoms with Crippen molar-refractivity contribution >= 4 is 41.5 Å². The van der Waals surface area contributed by atoms with Crippen molar-refractivity contribution in [2.45, 2.75) is 38.6 Å². The summed E-state index contributed by atoms with van der Waals surface area (Å²) in [7, 11) is 1.78. The monoisotopic (exact) mass is 474 g/mol. The molecule has 3 rings (SSSR count). The standard InChI is InChI=1S/C18H23ClN4O.HI/c1-12-16(13(2)24-23-12)10-21-17(20-3)22-11-18(8-9-18)14-4-6-15(19)7-5-14;/h4-7H,8-11H2,1-3H3,(H2,20,21,22);1H. The lowest BCUT2D eigenvalue weighted by Crippen LogP contribution is -2.41. The van der Waals surface area contributed by atoms with Crippen LogP contribution in [0.25, 0.3) is 0 Å².